The number of nitriles is 4. The number of nitrogens with one attached hydrogen (secondary N) is 3. The number of ketones is 1. The number of hydrogen-bond acceptors (Lipinski definition) is 15. The van der Waals surface area contributed by atoms with Crippen LogP contribution >= 0.6 is 11.6 Å². The van der Waals surface area contributed by atoms with Crippen LogP contribution in [-0.4, -0.2) is 75.1 Å². The molecule has 0 saturated heterocycles. The number of methoxy groups -OCH3 is 1. The summed E-state index contributed by atoms with van der Waals surface area (Å²) in [7, 11) is 1.49. The van der Waals surface area contributed by atoms with Gasteiger partial charge in [-0.3, -0.25) is 28.8 Å². The van der Waals surface area contributed by atoms with Gasteiger partial charge in [-0.25, -0.2) is 4.90 Å². The van der Waals surface area contributed by atoms with Gasteiger partial charge in [0.25, 0.3) is 11.8 Å². The van der Waals surface area contributed by atoms with Crippen LogP contribution in [0.2, 0.25) is 0 Å². The number of esters is 2. The Morgan fingerprint density at radius 1 is 0.588 bits per heavy atom. The van der Waals surface area contributed by atoms with E-state index in [1.54, 1.807) is 85.2 Å². The molecular formula is C63H52ClKN10O10. The summed E-state index contributed by atoms with van der Waals surface area (Å²) >= 11 is 5.34. The molecule has 0 bridgehead atoms. The molecule has 0 saturated carbocycles. The summed E-state index contributed by atoms with van der Waals surface area (Å²) in [6.07, 6.45) is 2.77. The molecule has 1 unspecified atom stereocenters. The van der Waals surface area contributed by atoms with E-state index in [1.807, 2.05) is 109 Å². The summed E-state index contributed by atoms with van der Waals surface area (Å²) in [4.78, 5) is 95.0. The van der Waals surface area contributed by atoms with Crippen molar-refractivity contribution in [2.45, 2.75) is 33.4 Å². The van der Waals surface area contributed by atoms with Crippen LogP contribution in [0.4, 0.5) is 11.6 Å². The molecule has 2 aliphatic rings. The number of carbonyl (C=O) groups excluding carboxylic acids is 8. The van der Waals surface area contributed by atoms with Crippen LogP contribution < -0.4 is 62.4 Å². The van der Waals surface area contributed by atoms with Crippen molar-refractivity contribution in [3.05, 3.63) is 232 Å². The second kappa shape index (κ2) is 36.5. The van der Waals surface area contributed by atoms with E-state index in [2.05, 4.69) is 37.5 Å². The van der Waals surface area contributed by atoms with Gasteiger partial charge >= 0.3 is 63.3 Å². The van der Waals surface area contributed by atoms with Crippen molar-refractivity contribution in [3.63, 3.8) is 0 Å². The van der Waals surface area contributed by atoms with Crippen molar-refractivity contribution < 1.29 is 99.2 Å². The number of H-pyrrole nitrogens is 2. The van der Waals surface area contributed by atoms with Crippen molar-refractivity contribution in [2.75, 3.05) is 24.0 Å². The van der Waals surface area contributed by atoms with E-state index in [9.17, 15) is 38.4 Å². The molecule has 20 nitrogen and oxygen atoms in total. The fraction of sp³-hybridized carbons (Fsp3) is 0.111. The zero-order chi connectivity index (χ0) is 61.6. The van der Waals surface area contributed by atoms with Gasteiger partial charge in [0.05, 0.1) is 41.0 Å². The number of aromatic amines is 2. The Hall–Kier alpha value is -9.91. The maximum absolute atomic E-state index is 12.4. The molecule has 8 aromatic rings. The number of halogens is 1. The topological polar surface area (TPSA) is 337 Å². The molecule has 422 valence electrons. The summed E-state index contributed by atoms with van der Waals surface area (Å²) in [5, 5.41) is 39.1. The number of fused-ring (bicyclic) bond motifs is 2. The van der Waals surface area contributed by atoms with Gasteiger partial charge in [0.2, 0.25) is 5.91 Å². The van der Waals surface area contributed by atoms with Crippen LogP contribution in [-0.2, 0) is 23.9 Å². The monoisotopic (exact) mass is 1180 g/mol. The Bertz CT molecular complexity index is 3680. The zero-order valence-electron chi connectivity index (χ0n) is 46.5. The largest absolute Gasteiger partial charge is 1.00 e. The minimum atomic E-state index is -0.705. The summed E-state index contributed by atoms with van der Waals surface area (Å²) < 4.78 is 9.35. The van der Waals surface area contributed by atoms with E-state index in [1.165, 1.54) is 32.8 Å². The number of Topliss-reactive ketones (excluding diaryl/α,β-unsaturated/α-hetero) is 1. The summed E-state index contributed by atoms with van der Waals surface area (Å²) in [5.74, 6) is -1.92. The average molecular weight is 1180 g/mol. The first-order chi connectivity index (χ1) is 40.5. The van der Waals surface area contributed by atoms with E-state index in [0.29, 0.717) is 50.6 Å². The molecule has 2 aromatic heterocycles. The quantitative estimate of drug-likeness (QED) is 0.0278. The maximum atomic E-state index is 12.4. The Kier molecular flexibility index (Phi) is 29.8. The van der Waals surface area contributed by atoms with Gasteiger partial charge in [-0.15, -0.1) is 11.6 Å². The first-order valence-corrected chi connectivity index (χ1v) is 25.4. The summed E-state index contributed by atoms with van der Waals surface area (Å²) in [5.41, 5.74) is 13.3. The van der Waals surface area contributed by atoms with Gasteiger partial charge in [-0.05, 0) is 23.3 Å². The predicted octanol–water partition coefficient (Wildman–Crippen LogP) is 8.26. The number of hydrogen-bond donors (Lipinski definition) is 4. The van der Waals surface area contributed by atoms with Crippen LogP contribution in [0.25, 0.3) is 27.6 Å². The first-order valence-electron chi connectivity index (χ1n) is 24.8. The summed E-state index contributed by atoms with van der Waals surface area (Å²) in [6.45, 7) is 3.77. The number of nitrogen functional groups attached to an aromatic ring is 1. The number of aromatic nitrogens is 2. The van der Waals surface area contributed by atoms with Gasteiger partial charge in [0.15, 0.2) is 12.0 Å². The van der Waals surface area contributed by atoms with Gasteiger partial charge in [-0.1, -0.05) is 158 Å². The molecule has 6 aromatic carbocycles. The average Bonchev–Trinajstić information content (AvgIpc) is 2.13. The molecule has 2 aliphatic heterocycles. The normalized spacial score (nSPS) is 11.0. The van der Waals surface area contributed by atoms with Crippen LogP contribution in [0.3, 0.4) is 0 Å². The van der Waals surface area contributed by atoms with Gasteiger partial charge < -0.3 is 45.4 Å². The molecule has 22 heteroatoms. The molecule has 5 amide bonds. The third kappa shape index (κ3) is 20.8. The Labute approximate surface area is 537 Å². The molecule has 0 fully saturated rings. The van der Waals surface area contributed by atoms with E-state index in [-0.39, 0.29) is 87.2 Å². The van der Waals surface area contributed by atoms with Gasteiger partial charge in [0, 0.05) is 73.7 Å². The molecule has 10 rings (SSSR count). The maximum Gasteiger partial charge on any atom is 1.00 e. The predicted molar refractivity (Wildman–Crippen MR) is 312 cm³/mol. The third-order valence-corrected chi connectivity index (χ3v) is 11.3. The number of imide groups is 2. The molecule has 1 atom stereocenters. The first kappa shape index (κ1) is 69.4. The molecule has 4 heterocycles. The molecule has 5 N–H and O–H groups in total. The van der Waals surface area contributed by atoms with Crippen molar-refractivity contribution >= 4 is 70.5 Å². The number of benzene rings is 6. The number of anilines is 2. The Balaban J connectivity index is 0.000000269. The van der Waals surface area contributed by atoms with Crippen LogP contribution in [0.5, 0.6) is 0 Å². The zero-order valence-corrected chi connectivity index (χ0v) is 50.4. The number of rotatable bonds is 8. The number of nitrogens with zero attached hydrogens (tertiary/aromatic N) is 6. The van der Waals surface area contributed by atoms with Gasteiger partial charge in [-0.2, -0.15) is 21.0 Å². The summed E-state index contributed by atoms with van der Waals surface area (Å²) in [6, 6.07) is 58.4. The minimum absolute atomic E-state index is 0. The number of nitrogens with two attached hydrogens (primary N) is 1. The van der Waals surface area contributed by atoms with Crippen molar-refractivity contribution in [3.8, 4) is 46.5 Å². The molecule has 85 heavy (non-hydrogen) atoms. The second-order valence-corrected chi connectivity index (χ2v) is 17.1. The number of carbonyl (C=O) groups is 8. The van der Waals surface area contributed by atoms with Crippen LogP contribution in [0.1, 0.15) is 102 Å². The number of alkyl halides is 1. The van der Waals surface area contributed by atoms with Gasteiger partial charge in [0.1, 0.15) is 41.3 Å². The minimum Gasteiger partial charge on any atom is -0.587 e. The Morgan fingerprint density at radius 2 is 0.988 bits per heavy atom. The number of ether oxygens (including phenoxy) is 2. The van der Waals surface area contributed by atoms with Crippen molar-refractivity contribution in [1.29, 1.82) is 21.0 Å². The van der Waals surface area contributed by atoms with Crippen LogP contribution in [0, 0.1) is 45.3 Å². The third-order valence-electron chi connectivity index (χ3n) is 11.1. The molecular weight excluding hydrogens is 1130 g/mol. The fourth-order valence-electron chi connectivity index (χ4n) is 7.50. The number of amides is 5. The second-order valence-electron chi connectivity index (χ2n) is 16.9. The molecule has 0 radical (unpaired) electrons. The standard InChI is InChI=1S/C16H13NO3.C13H11N3O.C11H9N3.C8H7ClO.C8H5NO2.C4H6O3.C3H2N2.K/c1-20-16(11-7-3-2-4-8-11)17-14(18)12-9-5-6-10-13(12)15(17)19;1-9(17)16-13-11(7-14)12(8-15-13)10-5-3-2-4-6-10;12-6-9-10(7-14-11(9)13)8-4-2-1-3-5-8;9-6-8(10)7-4-2-1-3-5-7;10-7-5-3-1-2-4-6(5)8(11)9-7;1-3(5)7-4(2)6;4-2-1-3-5;/h2-10,16H,1H3;2-6,8,15H,1H3,(H,16,17);1-5,7,14H,13H2;1-5H,6H2;1-4H,(H,9,10,11);1-2H3;1H2;/q;;;;;;;+1/p-1. The SMILES string of the molecule is CC(=O)Nc1[nH]cc(-c2ccccc2)c1C#N.CC(=O)OC(C)=O.COC(c1ccccc1)N1C(=O)c2ccccc2C1=O.N#CCC#N.N#Cc1c(-c2ccccc2)c[nH]c1N.O=C(CCl)c1ccccc1.O=C1[N-]C(=O)c2ccccc21.[K+]. The van der Waals surface area contributed by atoms with Crippen molar-refractivity contribution in [1.82, 2.24) is 14.9 Å². The van der Waals surface area contributed by atoms with E-state index >= 15 is 0 Å². The van der Waals surface area contributed by atoms with Crippen molar-refractivity contribution in [2.24, 2.45) is 0 Å². The van der Waals surface area contributed by atoms with E-state index in [0.717, 1.165) is 27.8 Å². The molecule has 0 spiro atoms. The molecule has 0 aliphatic carbocycles. The smallest absolute Gasteiger partial charge is 0.587 e. The Morgan fingerprint density at radius 3 is 1.36 bits per heavy atom. The van der Waals surface area contributed by atoms with Crippen LogP contribution in [0.15, 0.2) is 182 Å². The van der Waals surface area contributed by atoms with E-state index in [4.69, 9.17) is 43.1 Å². The fourth-order valence-corrected chi connectivity index (χ4v) is 7.66. The van der Waals surface area contributed by atoms with E-state index < -0.39 is 30.0 Å².